The van der Waals surface area contributed by atoms with Crippen molar-refractivity contribution in [1.82, 2.24) is 10.2 Å². The summed E-state index contributed by atoms with van der Waals surface area (Å²) < 4.78 is 0. The summed E-state index contributed by atoms with van der Waals surface area (Å²) in [7, 11) is 0. The molecule has 0 aromatic rings. The zero-order valence-electron chi connectivity index (χ0n) is 12.1. The van der Waals surface area contributed by atoms with E-state index in [1.807, 2.05) is 13.8 Å². The van der Waals surface area contributed by atoms with Crippen LogP contribution in [0.2, 0.25) is 0 Å². The fourth-order valence-electron chi connectivity index (χ4n) is 2.39. The molecule has 0 radical (unpaired) electrons. The van der Waals surface area contributed by atoms with Crippen molar-refractivity contribution in [3.8, 4) is 0 Å². The van der Waals surface area contributed by atoms with E-state index in [0.717, 1.165) is 12.8 Å². The topological polar surface area (TPSA) is 49.4 Å². The van der Waals surface area contributed by atoms with Gasteiger partial charge in [0.2, 0.25) is 11.8 Å². The SMILES string of the molecule is CCCN1C(=O)CCC1(C)C(=O)NCCC(C)C. The van der Waals surface area contributed by atoms with Crippen LogP contribution in [0.25, 0.3) is 0 Å². The van der Waals surface area contributed by atoms with Gasteiger partial charge in [-0.2, -0.15) is 0 Å². The van der Waals surface area contributed by atoms with Crippen molar-refractivity contribution < 1.29 is 9.59 Å². The third kappa shape index (κ3) is 3.24. The van der Waals surface area contributed by atoms with Gasteiger partial charge in [0.05, 0.1) is 0 Å². The number of carbonyl (C=O) groups is 2. The molecule has 1 aliphatic rings. The van der Waals surface area contributed by atoms with Crippen molar-refractivity contribution in [2.45, 2.75) is 58.9 Å². The second-order valence-electron chi connectivity index (χ2n) is 5.76. The summed E-state index contributed by atoms with van der Waals surface area (Å²) in [5, 5.41) is 2.97. The quantitative estimate of drug-likeness (QED) is 0.787. The average molecular weight is 254 g/mol. The highest BCUT2D eigenvalue weighted by Crippen LogP contribution is 2.30. The zero-order chi connectivity index (χ0) is 13.8. The molecule has 0 spiro atoms. The van der Waals surface area contributed by atoms with Crippen LogP contribution >= 0.6 is 0 Å². The number of amides is 2. The molecule has 0 aromatic heterocycles. The third-order valence-electron chi connectivity index (χ3n) is 3.67. The van der Waals surface area contributed by atoms with E-state index < -0.39 is 5.54 Å². The molecule has 4 heteroatoms. The minimum atomic E-state index is -0.635. The molecule has 104 valence electrons. The number of likely N-dealkylation sites (tertiary alicyclic amines) is 1. The highest BCUT2D eigenvalue weighted by Gasteiger charge is 2.46. The smallest absolute Gasteiger partial charge is 0.245 e. The van der Waals surface area contributed by atoms with Gasteiger partial charge in [0.1, 0.15) is 5.54 Å². The predicted molar refractivity (Wildman–Crippen MR) is 72.1 cm³/mol. The summed E-state index contributed by atoms with van der Waals surface area (Å²) in [5.41, 5.74) is -0.635. The number of rotatable bonds is 6. The van der Waals surface area contributed by atoms with Gasteiger partial charge in [-0.15, -0.1) is 0 Å². The van der Waals surface area contributed by atoms with Crippen LogP contribution in [-0.4, -0.2) is 35.3 Å². The van der Waals surface area contributed by atoms with Gasteiger partial charge in [-0.1, -0.05) is 20.8 Å². The van der Waals surface area contributed by atoms with Crippen LogP contribution in [0.1, 0.15) is 53.4 Å². The largest absolute Gasteiger partial charge is 0.354 e. The molecule has 0 saturated carbocycles. The summed E-state index contributed by atoms with van der Waals surface area (Å²) >= 11 is 0. The predicted octanol–water partition coefficient (Wildman–Crippen LogP) is 1.94. The summed E-state index contributed by atoms with van der Waals surface area (Å²) in [6.45, 7) is 9.56. The molecule has 0 bridgehead atoms. The van der Waals surface area contributed by atoms with E-state index in [9.17, 15) is 9.59 Å². The van der Waals surface area contributed by atoms with Crippen LogP contribution in [-0.2, 0) is 9.59 Å². The van der Waals surface area contributed by atoms with E-state index in [1.165, 1.54) is 0 Å². The molecule has 1 aliphatic heterocycles. The molecule has 0 aliphatic carbocycles. The Hall–Kier alpha value is -1.06. The zero-order valence-corrected chi connectivity index (χ0v) is 12.1. The number of hydrogen-bond acceptors (Lipinski definition) is 2. The lowest BCUT2D eigenvalue weighted by atomic mass is 9.97. The Balaban J connectivity index is 2.61. The van der Waals surface area contributed by atoms with Crippen molar-refractivity contribution in [2.24, 2.45) is 5.92 Å². The first-order valence-electron chi connectivity index (χ1n) is 7.00. The maximum Gasteiger partial charge on any atom is 0.245 e. The molecule has 1 atom stereocenters. The van der Waals surface area contributed by atoms with E-state index in [4.69, 9.17) is 0 Å². The van der Waals surface area contributed by atoms with Gasteiger partial charge >= 0.3 is 0 Å². The van der Waals surface area contributed by atoms with E-state index in [0.29, 0.717) is 31.8 Å². The summed E-state index contributed by atoms with van der Waals surface area (Å²) in [4.78, 5) is 25.8. The van der Waals surface area contributed by atoms with Gasteiger partial charge in [-0.3, -0.25) is 9.59 Å². The number of nitrogens with zero attached hydrogens (tertiary/aromatic N) is 1. The number of carbonyl (C=O) groups excluding carboxylic acids is 2. The Bertz CT molecular complexity index is 315. The average Bonchev–Trinajstić information content (AvgIpc) is 2.58. The standard InChI is InChI=1S/C14H26N2O2/c1-5-10-16-12(17)6-8-14(16,4)13(18)15-9-7-11(2)3/h11H,5-10H2,1-4H3,(H,15,18). The molecule has 1 N–H and O–H groups in total. The lowest BCUT2D eigenvalue weighted by molar-refractivity contribution is -0.140. The van der Waals surface area contributed by atoms with Crippen molar-refractivity contribution >= 4 is 11.8 Å². The summed E-state index contributed by atoms with van der Waals surface area (Å²) in [6.07, 6.45) is 3.00. The second-order valence-corrected chi connectivity index (χ2v) is 5.76. The van der Waals surface area contributed by atoms with Crippen LogP contribution in [0, 0.1) is 5.92 Å². The Morgan fingerprint density at radius 2 is 2.17 bits per heavy atom. The van der Waals surface area contributed by atoms with Crippen LogP contribution in [0.3, 0.4) is 0 Å². The van der Waals surface area contributed by atoms with Gasteiger partial charge in [-0.05, 0) is 32.1 Å². The minimum absolute atomic E-state index is 0.00227. The molecule has 0 aromatic carbocycles. The normalized spacial score (nSPS) is 23.8. The minimum Gasteiger partial charge on any atom is -0.354 e. The van der Waals surface area contributed by atoms with Gasteiger partial charge in [-0.25, -0.2) is 0 Å². The highest BCUT2D eigenvalue weighted by atomic mass is 16.2. The van der Waals surface area contributed by atoms with E-state index >= 15 is 0 Å². The van der Waals surface area contributed by atoms with Crippen LogP contribution in [0.15, 0.2) is 0 Å². The summed E-state index contributed by atoms with van der Waals surface area (Å²) in [5.74, 6) is 0.691. The maximum atomic E-state index is 12.3. The molecule has 18 heavy (non-hydrogen) atoms. The molecule has 1 saturated heterocycles. The maximum absolute atomic E-state index is 12.3. The van der Waals surface area contributed by atoms with Crippen molar-refractivity contribution in [3.63, 3.8) is 0 Å². The monoisotopic (exact) mass is 254 g/mol. The van der Waals surface area contributed by atoms with Gasteiger partial charge in [0, 0.05) is 19.5 Å². The fraction of sp³-hybridized carbons (Fsp3) is 0.857. The van der Waals surface area contributed by atoms with E-state index in [-0.39, 0.29) is 11.8 Å². The molecule has 1 unspecified atom stereocenters. The Morgan fingerprint density at radius 1 is 1.50 bits per heavy atom. The molecule has 1 rings (SSSR count). The first-order valence-corrected chi connectivity index (χ1v) is 7.00. The Morgan fingerprint density at radius 3 is 2.72 bits per heavy atom. The Labute approximate surface area is 110 Å². The van der Waals surface area contributed by atoms with Gasteiger partial charge in [0.15, 0.2) is 0 Å². The second kappa shape index (κ2) is 6.21. The fourth-order valence-corrected chi connectivity index (χ4v) is 2.39. The van der Waals surface area contributed by atoms with E-state index in [1.54, 1.807) is 4.90 Å². The molecule has 2 amide bonds. The molecule has 1 heterocycles. The summed E-state index contributed by atoms with van der Waals surface area (Å²) in [6, 6.07) is 0. The molecular formula is C14H26N2O2. The van der Waals surface area contributed by atoms with Gasteiger partial charge in [0.25, 0.3) is 0 Å². The molecular weight excluding hydrogens is 228 g/mol. The van der Waals surface area contributed by atoms with Crippen molar-refractivity contribution in [2.75, 3.05) is 13.1 Å². The number of hydrogen-bond donors (Lipinski definition) is 1. The van der Waals surface area contributed by atoms with Crippen LogP contribution in [0.5, 0.6) is 0 Å². The lowest BCUT2D eigenvalue weighted by Crippen LogP contribution is -2.54. The molecule has 4 nitrogen and oxygen atoms in total. The van der Waals surface area contributed by atoms with Crippen LogP contribution in [0.4, 0.5) is 0 Å². The van der Waals surface area contributed by atoms with E-state index in [2.05, 4.69) is 19.2 Å². The van der Waals surface area contributed by atoms with Gasteiger partial charge < -0.3 is 10.2 Å². The first kappa shape index (κ1) is 15.0. The van der Waals surface area contributed by atoms with Crippen LogP contribution < -0.4 is 5.32 Å². The number of nitrogens with one attached hydrogen (secondary N) is 1. The molecule has 1 fully saturated rings. The Kier molecular flexibility index (Phi) is 5.17. The van der Waals surface area contributed by atoms with Crippen molar-refractivity contribution in [1.29, 1.82) is 0 Å². The van der Waals surface area contributed by atoms with Crippen molar-refractivity contribution in [3.05, 3.63) is 0 Å². The third-order valence-corrected chi connectivity index (χ3v) is 3.67. The highest BCUT2D eigenvalue weighted by molar-refractivity contribution is 5.94. The lowest BCUT2D eigenvalue weighted by Gasteiger charge is -2.33. The first-order chi connectivity index (χ1) is 8.41.